The second-order valence-electron chi connectivity index (χ2n) is 10.2. The molecular weight excluding hydrogens is 512 g/mol. The van der Waals surface area contributed by atoms with Crippen molar-refractivity contribution in [3.05, 3.63) is 20.6 Å². The molecule has 0 heterocycles. The summed E-state index contributed by atoms with van der Waals surface area (Å²) >= 11 is 7.29. The van der Waals surface area contributed by atoms with Crippen LogP contribution in [0.2, 0.25) is 0 Å². The van der Waals surface area contributed by atoms with E-state index in [0.717, 1.165) is 35.5 Å². The van der Waals surface area contributed by atoms with E-state index in [9.17, 15) is 14.4 Å². The zero-order chi connectivity index (χ0) is 22.1. The van der Waals surface area contributed by atoms with Crippen LogP contribution in [0.3, 0.4) is 0 Å². The zero-order valence-corrected chi connectivity index (χ0v) is 21.3. The molecule has 0 amide bonds. The Labute approximate surface area is 195 Å². The summed E-state index contributed by atoms with van der Waals surface area (Å²) in [5.41, 5.74) is 0.969. The normalized spacial score (nSPS) is 42.6. The van der Waals surface area contributed by atoms with E-state index in [1.807, 2.05) is 6.08 Å². The van der Waals surface area contributed by atoms with Crippen molar-refractivity contribution in [1.29, 1.82) is 0 Å². The van der Waals surface area contributed by atoms with Gasteiger partial charge in [-0.3, -0.25) is 14.4 Å². The lowest BCUT2D eigenvalue weighted by Gasteiger charge is -2.59. The molecule has 0 aromatic heterocycles. The van der Waals surface area contributed by atoms with Crippen molar-refractivity contribution in [3.8, 4) is 0 Å². The molecule has 6 heteroatoms. The maximum Gasteiger partial charge on any atom is 0.303 e. The van der Waals surface area contributed by atoms with Crippen LogP contribution >= 0.6 is 31.9 Å². The van der Waals surface area contributed by atoms with E-state index in [1.165, 1.54) is 18.1 Å². The fraction of sp³-hybridized carbons (Fsp3) is 0.708. The van der Waals surface area contributed by atoms with E-state index >= 15 is 0 Å². The van der Waals surface area contributed by atoms with Crippen LogP contribution in [0.1, 0.15) is 72.6 Å². The number of carbonyl (C=O) groups is 3. The number of fused-ring (bicyclic) bond motifs is 5. The van der Waals surface area contributed by atoms with Crippen LogP contribution in [0.25, 0.3) is 0 Å². The molecule has 6 atom stereocenters. The van der Waals surface area contributed by atoms with Gasteiger partial charge >= 0.3 is 5.97 Å². The summed E-state index contributed by atoms with van der Waals surface area (Å²) in [4.78, 5) is 37.1. The first-order valence-corrected chi connectivity index (χ1v) is 12.5. The van der Waals surface area contributed by atoms with Gasteiger partial charge in [-0.25, -0.2) is 0 Å². The Balaban J connectivity index is 1.80. The molecule has 3 fully saturated rings. The lowest BCUT2D eigenvalue weighted by molar-refractivity contribution is -0.186. The Bertz CT molecular complexity index is 886. The summed E-state index contributed by atoms with van der Waals surface area (Å²) in [6, 6.07) is 0. The number of Topliss-reactive ketones (excluding diaryl/α,β-unsaturated/α-hetero) is 1. The number of esters is 1. The van der Waals surface area contributed by atoms with Crippen molar-refractivity contribution in [2.75, 3.05) is 0 Å². The third kappa shape index (κ3) is 2.99. The number of ether oxygens (including phenoxy) is 1. The van der Waals surface area contributed by atoms with Crippen molar-refractivity contribution in [2.45, 2.75) is 78.2 Å². The predicted molar refractivity (Wildman–Crippen MR) is 122 cm³/mol. The van der Waals surface area contributed by atoms with Gasteiger partial charge in [-0.1, -0.05) is 13.8 Å². The van der Waals surface area contributed by atoms with Gasteiger partial charge in [0.15, 0.2) is 17.2 Å². The summed E-state index contributed by atoms with van der Waals surface area (Å²) in [5, 5.41) is 0. The molecule has 0 aliphatic heterocycles. The molecule has 0 saturated heterocycles. The topological polar surface area (TPSA) is 60.4 Å². The lowest BCUT2D eigenvalue weighted by atomic mass is 9.45. The second kappa shape index (κ2) is 7.40. The van der Waals surface area contributed by atoms with Crippen LogP contribution in [0.15, 0.2) is 20.6 Å². The van der Waals surface area contributed by atoms with Crippen molar-refractivity contribution < 1.29 is 19.1 Å². The molecule has 0 radical (unpaired) electrons. The number of ketones is 2. The first-order chi connectivity index (χ1) is 14.0. The van der Waals surface area contributed by atoms with Crippen LogP contribution < -0.4 is 0 Å². The molecule has 0 aromatic carbocycles. The average molecular weight is 542 g/mol. The first-order valence-electron chi connectivity index (χ1n) is 11.0. The third-order valence-corrected chi connectivity index (χ3v) is 10.0. The number of hydrogen-bond acceptors (Lipinski definition) is 4. The number of rotatable bonds is 2. The lowest BCUT2D eigenvalue weighted by Crippen LogP contribution is -2.58. The number of halogens is 2. The van der Waals surface area contributed by atoms with Crippen molar-refractivity contribution >= 4 is 49.4 Å². The molecule has 0 spiro atoms. The summed E-state index contributed by atoms with van der Waals surface area (Å²) in [7, 11) is 0. The molecule has 4 nitrogen and oxygen atoms in total. The van der Waals surface area contributed by atoms with Crippen molar-refractivity contribution in [2.24, 2.45) is 28.6 Å². The molecule has 3 saturated carbocycles. The minimum absolute atomic E-state index is 0.0237. The first kappa shape index (κ1) is 22.4. The summed E-state index contributed by atoms with van der Waals surface area (Å²) in [6.45, 7) is 7.50. The van der Waals surface area contributed by atoms with Crippen LogP contribution in [0.5, 0.6) is 0 Å². The Hall–Kier alpha value is -0.750. The zero-order valence-electron chi connectivity index (χ0n) is 18.1. The van der Waals surface area contributed by atoms with Crippen LogP contribution in [-0.4, -0.2) is 23.1 Å². The highest BCUT2D eigenvalue weighted by molar-refractivity contribution is 9.28. The predicted octanol–water partition coefficient (Wildman–Crippen LogP) is 6.02. The highest BCUT2D eigenvalue weighted by atomic mass is 79.9. The monoisotopic (exact) mass is 540 g/mol. The Morgan fingerprint density at radius 3 is 2.33 bits per heavy atom. The Morgan fingerprint density at radius 2 is 1.73 bits per heavy atom. The fourth-order valence-electron chi connectivity index (χ4n) is 7.68. The highest BCUT2D eigenvalue weighted by Crippen LogP contribution is 2.69. The Morgan fingerprint density at radius 1 is 1.07 bits per heavy atom. The summed E-state index contributed by atoms with van der Waals surface area (Å²) < 4.78 is 6.78. The third-order valence-electron chi connectivity index (χ3n) is 9.07. The molecule has 4 aliphatic carbocycles. The number of carbonyl (C=O) groups excluding carboxylic acids is 3. The van der Waals surface area contributed by atoms with E-state index in [4.69, 9.17) is 4.74 Å². The molecule has 30 heavy (non-hydrogen) atoms. The van der Waals surface area contributed by atoms with Gasteiger partial charge in [0.2, 0.25) is 0 Å². The Kier molecular flexibility index (Phi) is 5.53. The molecule has 0 unspecified atom stereocenters. The van der Waals surface area contributed by atoms with Gasteiger partial charge in [-0.05, 0) is 118 Å². The van der Waals surface area contributed by atoms with Gasteiger partial charge in [0.1, 0.15) is 0 Å². The fourth-order valence-corrected chi connectivity index (χ4v) is 8.43. The molecule has 164 valence electrons. The summed E-state index contributed by atoms with van der Waals surface area (Å²) in [6.07, 6.45) is 7.59. The standard InChI is InChI=1S/C24H30Br2O4/c1-13(27)24(30-14(2)28)10-7-19-16-12-17(21(25)26)20-11-15(29)5-8-22(20,3)18(16)6-9-23(19,24)4/h11,16,18-19H,5-10,12H2,1-4H3/t16-,18-,19+,22-,23+,24+/m1/s1. The highest BCUT2D eigenvalue weighted by Gasteiger charge is 2.68. The molecule has 0 aromatic rings. The van der Waals surface area contributed by atoms with E-state index in [2.05, 4.69) is 45.7 Å². The minimum atomic E-state index is -1.01. The largest absolute Gasteiger partial charge is 0.451 e. The smallest absolute Gasteiger partial charge is 0.303 e. The minimum Gasteiger partial charge on any atom is -0.451 e. The quantitative estimate of drug-likeness (QED) is 0.401. The van der Waals surface area contributed by atoms with Gasteiger partial charge in [0.25, 0.3) is 0 Å². The van der Waals surface area contributed by atoms with E-state index in [-0.39, 0.29) is 28.4 Å². The van der Waals surface area contributed by atoms with Gasteiger partial charge in [0.05, 0.1) is 3.39 Å². The van der Waals surface area contributed by atoms with E-state index in [1.54, 1.807) is 6.92 Å². The molecule has 0 N–H and O–H groups in total. The summed E-state index contributed by atoms with van der Waals surface area (Å²) in [5.74, 6) is 1.000. The van der Waals surface area contributed by atoms with Gasteiger partial charge in [-0.15, -0.1) is 0 Å². The van der Waals surface area contributed by atoms with Crippen molar-refractivity contribution in [3.63, 3.8) is 0 Å². The number of hydrogen-bond donors (Lipinski definition) is 0. The van der Waals surface area contributed by atoms with Gasteiger partial charge < -0.3 is 4.74 Å². The second-order valence-corrected chi connectivity index (χ2v) is 12.9. The SMILES string of the molecule is CC(=O)O[C@]1(C(C)=O)CC[C@H]2[C@@H]3CC(=C(Br)Br)C4=CC(=O)CC[C@]4(C)[C@@H]3CC[C@@]21C. The average Bonchev–Trinajstić information content (AvgIpc) is 2.95. The molecular formula is C24H30Br2O4. The van der Waals surface area contributed by atoms with Crippen LogP contribution in [0, 0.1) is 28.6 Å². The maximum atomic E-state index is 12.9. The maximum absolute atomic E-state index is 12.9. The number of allylic oxidation sites excluding steroid dienone is 2. The van der Waals surface area contributed by atoms with E-state index < -0.39 is 5.60 Å². The van der Waals surface area contributed by atoms with Gasteiger partial charge in [-0.2, -0.15) is 0 Å². The van der Waals surface area contributed by atoms with Gasteiger partial charge in [0, 0.05) is 18.8 Å². The van der Waals surface area contributed by atoms with Crippen molar-refractivity contribution in [1.82, 2.24) is 0 Å². The van der Waals surface area contributed by atoms with E-state index in [0.29, 0.717) is 30.6 Å². The molecule has 0 bridgehead atoms. The molecule has 4 aliphatic rings. The van der Waals surface area contributed by atoms with Crippen LogP contribution in [-0.2, 0) is 19.1 Å². The molecule has 4 rings (SSSR count). The van der Waals surface area contributed by atoms with Crippen LogP contribution in [0.4, 0.5) is 0 Å².